The average Bonchev–Trinajstić information content (AvgIpc) is 2.90. The molecule has 2 heterocycles. The lowest BCUT2D eigenvalue weighted by Gasteiger charge is -2.34. The summed E-state index contributed by atoms with van der Waals surface area (Å²) in [6.45, 7) is 7.17. The third kappa shape index (κ3) is 4.11. The summed E-state index contributed by atoms with van der Waals surface area (Å²) in [5.41, 5.74) is 2.07. The van der Waals surface area contributed by atoms with Gasteiger partial charge in [-0.05, 0) is 32.0 Å². The number of rotatable bonds is 5. The van der Waals surface area contributed by atoms with Crippen LogP contribution in [0.1, 0.15) is 11.4 Å². The van der Waals surface area contributed by atoms with Gasteiger partial charge in [0.05, 0.1) is 17.1 Å². The highest BCUT2D eigenvalue weighted by Crippen LogP contribution is 2.20. The fourth-order valence-electron chi connectivity index (χ4n) is 3.16. The molecular weight excluding hydrogens is 362 g/mol. The molecule has 0 bridgehead atoms. The molecular formula is C17H22F2N4O2S. The van der Waals surface area contributed by atoms with Crippen LogP contribution in [0.25, 0.3) is 0 Å². The molecule has 1 aliphatic heterocycles. The minimum atomic E-state index is -3.89. The fraction of sp³-hybridized carbons (Fsp3) is 0.471. The molecule has 0 atom stereocenters. The standard InChI is InChI=1S/C17H22F2N4O2S/c1-13-9-14(2)23(20-13)8-5-21-3-6-22(7-4-21)26(24,25)17-11-15(18)10-16(19)12-17/h9-12H,3-8H2,1-2H3. The highest BCUT2D eigenvalue weighted by atomic mass is 32.2. The van der Waals surface area contributed by atoms with Gasteiger partial charge < -0.3 is 0 Å². The molecule has 0 radical (unpaired) electrons. The van der Waals surface area contributed by atoms with Gasteiger partial charge in [0.2, 0.25) is 10.0 Å². The minimum absolute atomic E-state index is 0.289. The van der Waals surface area contributed by atoms with Crippen LogP contribution >= 0.6 is 0 Å². The van der Waals surface area contributed by atoms with Gasteiger partial charge in [-0.2, -0.15) is 9.40 Å². The molecule has 1 fully saturated rings. The lowest BCUT2D eigenvalue weighted by molar-refractivity contribution is 0.180. The number of benzene rings is 1. The van der Waals surface area contributed by atoms with Crippen LogP contribution in [0.15, 0.2) is 29.2 Å². The van der Waals surface area contributed by atoms with Crippen molar-refractivity contribution in [3.63, 3.8) is 0 Å². The molecule has 0 spiro atoms. The Morgan fingerprint density at radius 2 is 1.58 bits per heavy atom. The fourth-order valence-corrected chi connectivity index (χ4v) is 4.62. The molecule has 9 heteroatoms. The van der Waals surface area contributed by atoms with Crippen molar-refractivity contribution in [2.45, 2.75) is 25.3 Å². The van der Waals surface area contributed by atoms with Crippen molar-refractivity contribution in [1.82, 2.24) is 19.0 Å². The Morgan fingerprint density at radius 3 is 2.12 bits per heavy atom. The summed E-state index contributed by atoms with van der Waals surface area (Å²) in [6, 6.07) is 4.39. The summed E-state index contributed by atoms with van der Waals surface area (Å²) in [4.78, 5) is 1.82. The van der Waals surface area contributed by atoms with Crippen LogP contribution in [0, 0.1) is 25.5 Å². The maximum Gasteiger partial charge on any atom is 0.243 e. The van der Waals surface area contributed by atoms with E-state index in [4.69, 9.17) is 0 Å². The van der Waals surface area contributed by atoms with E-state index in [0.29, 0.717) is 19.2 Å². The van der Waals surface area contributed by atoms with E-state index in [1.807, 2.05) is 24.6 Å². The topological polar surface area (TPSA) is 58.4 Å². The first-order valence-electron chi connectivity index (χ1n) is 8.45. The summed E-state index contributed by atoms with van der Waals surface area (Å²) in [7, 11) is -3.89. The molecule has 1 aromatic heterocycles. The Bertz CT molecular complexity index is 870. The molecule has 2 aromatic rings. The van der Waals surface area contributed by atoms with Crippen LogP contribution in [0.2, 0.25) is 0 Å². The second kappa shape index (κ2) is 7.42. The number of sulfonamides is 1. The first kappa shape index (κ1) is 18.9. The zero-order valence-electron chi connectivity index (χ0n) is 14.8. The van der Waals surface area contributed by atoms with Crippen molar-refractivity contribution in [2.75, 3.05) is 32.7 Å². The predicted molar refractivity (Wildman–Crippen MR) is 93.3 cm³/mol. The van der Waals surface area contributed by atoms with Crippen molar-refractivity contribution in [1.29, 1.82) is 0 Å². The maximum absolute atomic E-state index is 13.3. The first-order valence-corrected chi connectivity index (χ1v) is 9.89. The van der Waals surface area contributed by atoms with Gasteiger partial charge in [0, 0.05) is 44.5 Å². The van der Waals surface area contributed by atoms with E-state index in [-0.39, 0.29) is 18.0 Å². The lowest BCUT2D eigenvalue weighted by atomic mass is 10.3. The highest BCUT2D eigenvalue weighted by molar-refractivity contribution is 7.89. The lowest BCUT2D eigenvalue weighted by Crippen LogP contribution is -2.49. The largest absolute Gasteiger partial charge is 0.299 e. The molecule has 0 amide bonds. The van der Waals surface area contributed by atoms with E-state index < -0.39 is 21.7 Å². The summed E-state index contributed by atoms with van der Waals surface area (Å²) in [5, 5.41) is 4.42. The van der Waals surface area contributed by atoms with Crippen molar-refractivity contribution >= 4 is 10.0 Å². The quantitative estimate of drug-likeness (QED) is 0.789. The van der Waals surface area contributed by atoms with Gasteiger partial charge >= 0.3 is 0 Å². The summed E-state index contributed by atoms with van der Waals surface area (Å²) < 4.78 is 55.1. The van der Waals surface area contributed by atoms with Gasteiger partial charge in [0.1, 0.15) is 11.6 Å². The molecule has 0 N–H and O–H groups in total. The molecule has 1 aromatic carbocycles. The van der Waals surface area contributed by atoms with E-state index in [0.717, 1.165) is 36.6 Å². The highest BCUT2D eigenvalue weighted by Gasteiger charge is 2.29. The Hall–Kier alpha value is -1.84. The molecule has 1 aliphatic rings. The summed E-state index contributed by atoms with van der Waals surface area (Å²) in [6.07, 6.45) is 0. The summed E-state index contributed by atoms with van der Waals surface area (Å²) >= 11 is 0. The van der Waals surface area contributed by atoms with Crippen LogP contribution in [-0.2, 0) is 16.6 Å². The average molecular weight is 384 g/mol. The Labute approximate surface area is 152 Å². The van der Waals surface area contributed by atoms with E-state index in [9.17, 15) is 17.2 Å². The van der Waals surface area contributed by atoms with Crippen LogP contribution in [0.5, 0.6) is 0 Å². The normalized spacial score (nSPS) is 16.9. The van der Waals surface area contributed by atoms with Crippen molar-refractivity contribution in [3.05, 3.63) is 47.3 Å². The molecule has 26 heavy (non-hydrogen) atoms. The number of nitrogens with zero attached hydrogens (tertiary/aromatic N) is 4. The van der Waals surface area contributed by atoms with Crippen molar-refractivity contribution in [2.24, 2.45) is 0 Å². The van der Waals surface area contributed by atoms with Gasteiger partial charge in [-0.1, -0.05) is 0 Å². The SMILES string of the molecule is Cc1cc(C)n(CCN2CCN(S(=O)(=O)c3cc(F)cc(F)c3)CC2)n1. The van der Waals surface area contributed by atoms with E-state index in [2.05, 4.69) is 10.00 Å². The molecule has 142 valence electrons. The summed E-state index contributed by atoms with van der Waals surface area (Å²) in [5.74, 6) is -1.79. The third-order valence-corrected chi connectivity index (χ3v) is 6.41. The second-order valence-electron chi connectivity index (χ2n) is 6.50. The number of hydrogen-bond acceptors (Lipinski definition) is 4. The van der Waals surface area contributed by atoms with Gasteiger partial charge in [-0.15, -0.1) is 0 Å². The second-order valence-corrected chi connectivity index (χ2v) is 8.44. The minimum Gasteiger partial charge on any atom is -0.299 e. The number of piperazine rings is 1. The van der Waals surface area contributed by atoms with Crippen LogP contribution in [0.3, 0.4) is 0 Å². The van der Waals surface area contributed by atoms with Crippen LogP contribution in [0.4, 0.5) is 8.78 Å². The number of halogens is 2. The van der Waals surface area contributed by atoms with Crippen molar-refractivity contribution < 1.29 is 17.2 Å². The molecule has 6 nitrogen and oxygen atoms in total. The van der Waals surface area contributed by atoms with E-state index in [1.165, 1.54) is 4.31 Å². The Morgan fingerprint density at radius 1 is 0.962 bits per heavy atom. The van der Waals surface area contributed by atoms with Crippen LogP contribution < -0.4 is 0 Å². The Kier molecular flexibility index (Phi) is 5.40. The number of aryl methyl sites for hydroxylation is 2. The van der Waals surface area contributed by atoms with Gasteiger partial charge in [-0.3, -0.25) is 9.58 Å². The molecule has 0 aliphatic carbocycles. The molecule has 3 rings (SSSR count). The van der Waals surface area contributed by atoms with E-state index in [1.54, 1.807) is 0 Å². The number of hydrogen-bond donors (Lipinski definition) is 0. The predicted octanol–water partition coefficient (Wildman–Crippen LogP) is 1.78. The van der Waals surface area contributed by atoms with Gasteiger partial charge in [0.15, 0.2) is 0 Å². The molecule has 0 saturated carbocycles. The molecule has 1 saturated heterocycles. The smallest absolute Gasteiger partial charge is 0.243 e. The third-order valence-electron chi connectivity index (χ3n) is 4.54. The zero-order chi connectivity index (χ0) is 18.9. The van der Waals surface area contributed by atoms with Gasteiger partial charge in [-0.25, -0.2) is 17.2 Å². The first-order chi connectivity index (χ1) is 12.3. The maximum atomic E-state index is 13.3. The van der Waals surface area contributed by atoms with Crippen LogP contribution in [-0.4, -0.2) is 60.1 Å². The van der Waals surface area contributed by atoms with E-state index >= 15 is 0 Å². The molecule has 0 unspecified atom stereocenters. The van der Waals surface area contributed by atoms with Crippen molar-refractivity contribution in [3.8, 4) is 0 Å². The van der Waals surface area contributed by atoms with Gasteiger partial charge in [0.25, 0.3) is 0 Å². The monoisotopic (exact) mass is 384 g/mol. The zero-order valence-corrected chi connectivity index (χ0v) is 15.6. The Balaban J connectivity index is 1.60. The number of aromatic nitrogens is 2.